The topological polar surface area (TPSA) is 97.1 Å². The Morgan fingerprint density at radius 2 is 2.19 bits per heavy atom. The van der Waals surface area contributed by atoms with Gasteiger partial charge >= 0.3 is 5.97 Å². The zero-order chi connectivity index (χ0) is 14.8. The van der Waals surface area contributed by atoms with Gasteiger partial charge < -0.3 is 10.4 Å². The van der Waals surface area contributed by atoms with Gasteiger partial charge in [0.1, 0.15) is 6.54 Å². The molecule has 1 aromatic carbocycles. The molecule has 1 aliphatic carbocycles. The van der Waals surface area contributed by atoms with E-state index in [9.17, 15) is 9.59 Å². The summed E-state index contributed by atoms with van der Waals surface area (Å²) in [6.07, 6.45) is 2.29. The van der Waals surface area contributed by atoms with E-state index in [0.29, 0.717) is 12.5 Å². The summed E-state index contributed by atoms with van der Waals surface area (Å²) in [5.41, 5.74) is 2.72. The minimum absolute atomic E-state index is 0.129. The van der Waals surface area contributed by atoms with Crippen LogP contribution in [0.3, 0.4) is 0 Å². The van der Waals surface area contributed by atoms with Gasteiger partial charge in [-0.15, -0.1) is 5.10 Å². The number of aliphatic carboxylic acids is 1. The molecule has 3 rings (SSSR count). The second-order valence-corrected chi connectivity index (χ2v) is 5.00. The van der Waals surface area contributed by atoms with Crippen LogP contribution in [-0.2, 0) is 17.8 Å². The van der Waals surface area contributed by atoms with Crippen LogP contribution in [0.25, 0.3) is 0 Å². The minimum atomic E-state index is -1.03. The Bertz CT molecular complexity index is 695. The number of hydrogen-bond donors (Lipinski definition) is 2. The maximum atomic E-state index is 11.9. The molecule has 0 saturated heterocycles. The second kappa shape index (κ2) is 5.35. The summed E-state index contributed by atoms with van der Waals surface area (Å²) < 4.78 is 1.12. The number of rotatable bonds is 5. The zero-order valence-electron chi connectivity index (χ0n) is 11.2. The number of carboxylic acids is 1. The van der Waals surface area contributed by atoms with Crippen molar-refractivity contribution < 1.29 is 14.7 Å². The average Bonchev–Trinajstić information content (AvgIpc) is 2.87. The fraction of sp³-hybridized carbons (Fsp3) is 0.286. The van der Waals surface area contributed by atoms with Crippen molar-refractivity contribution in [2.45, 2.75) is 18.9 Å². The molecule has 2 aromatic rings. The monoisotopic (exact) mass is 286 g/mol. The third-order valence-corrected chi connectivity index (χ3v) is 3.54. The van der Waals surface area contributed by atoms with Crippen LogP contribution in [0.4, 0.5) is 0 Å². The standard InChI is InChI=1S/C14H14N4O3/c19-13(20)8-18-7-12(16-17-18)14(21)15-6-10-5-9-3-1-2-4-11(9)10/h1-4,7,10H,5-6,8H2,(H,15,21)(H,19,20). The Hall–Kier alpha value is -2.70. The van der Waals surface area contributed by atoms with E-state index in [-0.39, 0.29) is 18.1 Å². The highest BCUT2D eigenvalue weighted by Crippen LogP contribution is 2.33. The number of nitrogens with one attached hydrogen (secondary N) is 1. The molecule has 0 fully saturated rings. The highest BCUT2D eigenvalue weighted by Gasteiger charge is 2.26. The lowest BCUT2D eigenvalue weighted by Crippen LogP contribution is -2.33. The quantitative estimate of drug-likeness (QED) is 0.831. The first kappa shape index (κ1) is 13.3. The van der Waals surface area contributed by atoms with E-state index in [2.05, 4.69) is 27.8 Å². The van der Waals surface area contributed by atoms with Gasteiger partial charge in [-0.3, -0.25) is 9.59 Å². The van der Waals surface area contributed by atoms with Crippen molar-refractivity contribution in [3.8, 4) is 0 Å². The third-order valence-electron chi connectivity index (χ3n) is 3.54. The number of aromatic nitrogens is 3. The molecule has 0 bridgehead atoms. The molecule has 1 atom stereocenters. The van der Waals surface area contributed by atoms with Gasteiger partial charge in [0, 0.05) is 12.5 Å². The first-order valence-electron chi connectivity index (χ1n) is 6.61. The van der Waals surface area contributed by atoms with Crippen molar-refractivity contribution in [1.82, 2.24) is 20.3 Å². The average molecular weight is 286 g/mol. The van der Waals surface area contributed by atoms with E-state index in [1.807, 2.05) is 12.1 Å². The maximum Gasteiger partial charge on any atom is 0.325 e. The van der Waals surface area contributed by atoms with Crippen LogP contribution in [0.15, 0.2) is 30.5 Å². The number of fused-ring (bicyclic) bond motifs is 1. The molecule has 1 amide bonds. The maximum absolute atomic E-state index is 11.9. The van der Waals surface area contributed by atoms with Crippen molar-refractivity contribution in [2.75, 3.05) is 6.54 Å². The van der Waals surface area contributed by atoms with Gasteiger partial charge in [0.15, 0.2) is 5.69 Å². The predicted molar refractivity (Wildman–Crippen MR) is 72.9 cm³/mol. The van der Waals surface area contributed by atoms with E-state index in [1.165, 1.54) is 17.3 Å². The van der Waals surface area contributed by atoms with Gasteiger partial charge in [-0.1, -0.05) is 29.5 Å². The molecule has 0 aliphatic heterocycles. The fourth-order valence-electron chi connectivity index (χ4n) is 2.47. The van der Waals surface area contributed by atoms with E-state index in [0.717, 1.165) is 11.1 Å². The molecule has 0 saturated carbocycles. The summed E-state index contributed by atoms with van der Waals surface area (Å²) >= 11 is 0. The lowest BCUT2D eigenvalue weighted by atomic mass is 9.77. The van der Waals surface area contributed by atoms with Gasteiger partial charge in [-0.05, 0) is 17.5 Å². The second-order valence-electron chi connectivity index (χ2n) is 5.00. The molecular formula is C14H14N4O3. The van der Waals surface area contributed by atoms with Crippen LogP contribution in [0.1, 0.15) is 27.5 Å². The smallest absolute Gasteiger partial charge is 0.325 e. The van der Waals surface area contributed by atoms with Gasteiger partial charge in [0.25, 0.3) is 5.91 Å². The summed E-state index contributed by atoms with van der Waals surface area (Å²) in [5.74, 6) is -1.03. The molecule has 0 radical (unpaired) electrons. The highest BCUT2D eigenvalue weighted by molar-refractivity contribution is 5.91. The fourth-order valence-corrected chi connectivity index (χ4v) is 2.47. The van der Waals surface area contributed by atoms with E-state index < -0.39 is 5.97 Å². The Morgan fingerprint density at radius 1 is 1.38 bits per heavy atom. The number of nitrogens with zero attached hydrogens (tertiary/aromatic N) is 3. The summed E-state index contributed by atoms with van der Waals surface area (Å²) in [6, 6.07) is 8.16. The molecule has 1 unspecified atom stereocenters. The van der Waals surface area contributed by atoms with Crippen molar-refractivity contribution in [1.29, 1.82) is 0 Å². The summed E-state index contributed by atoms with van der Waals surface area (Å²) in [5, 5.41) is 18.7. The third kappa shape index (κ3) is 2.76. The zero-order valence-corrected chi connectivity index (χ0v) is 11.2. The molecule has 21 heavy (non-hydrogen) atoms. The number of carboxylic acid groups (broad SMARTS) is 1. The van der Waals surface area contributed by atoms with E-state index in [1.54, 1.807) is 0 Å². The first-order chi connectivity index (χ1) is 10.1. The van der Waals surface area contributed by atoms with Crippen LogP contribution in [0.5, 0.6) is 0 Å². The first-order valence-corrected chi connectivity index (χ1v) is 6.61. The van der Waals surface area contributed by atoms with Crippen LogP contribution in [0, 0.1) is 0 Å². The Balaban J connectivity index is 1.55. The van der Waals surface area contributed by atoms with Crippen molar-refractivity contribution in [3.63, 3.8) is 0 Å². The molecule has 7 nitrogen and oxygen atoms in total. The van der Waals surface area contributed by atoms with Gasteiger partial charge in [0.2, 0.25) is 0 Å². The number of amides is 1. The van der Waals surface area contributed by atoms with Gasteiger partial charge in [0.05, 0.1) is 6.20 Å². The summed E-state index contributed by atoms with van der Waals surface area (Å²) in [4.78, 5) is 22.5. The molecule has 7 heteroatoms. The van der Waals surface area contributed by atoms with E-state index >= 15 is 0 Å². The predicted octanol–water partition coefficient (Wildman–Crippen LogP) is 0.432. The normalized spacial score (nSPS) is 15.9. The van der Waals surface area contributed by atoms with Crippen molar-refractivity contribution in [2.24, 2.45) is 0 Å². The summed E-state index contributed by atoms with van der Waals surface area (Å²) in [6.45, 7) is 0.234. The van der Waals surface area contributed by atoms with Crippen LogP contribution >= 0.6 is 0 Å². The number of carbonyl (C=O) groups excluding carboxylic acids is 1. The molecule has 2 N–H and O–H groups in total. The molecule has 1 aromatic heterocycles. The molecule has 1 heterocycles. The van der Waals surface area contributed by atoms with Crippen LogP contribution in [0.2, 0.25) is 0 Å². The molecule has 108 valence electrons. The lowest BCUT2D eigenvalue weighted by molar-refractivity contribution is -0.137. The van der Waals surface area contributed by atoms with Crippen molar-refractivity contribution in [3.05, 3.63) is 47.3 Å². The highest BCUT2D eigenvalue weighted by atomic mass is 16.4. The Labute approximate surface area is 120 Å². The van der Waals surface area contributed by atoms with Crippen molar-refractivity contribution >= 4 is 11.9 Å². The summed E-state index contributed by atoms with van der Waals surface area (Å²) in [7, 11) is 0. The number of carbonyl (C=O) groups is 2. The van der Waals surface area contributed by atoms with Gasteiger partial charge in [-0.2, -0.15) is 0 Å². The Kier molecular flexibility index (Phi) is 3.39. The van der Waals surface area contributed by atoms with Crippen LogP contribution < -0.4 is 5.32 Å². The Morgan fingerprint density at radius 3 is 2.95 bits per heavy atom. The largest absolute Gasteiger partial charge is 0.480 e. The molecule has 1 aliphatic rings. The van der Waals surface area contributed by atoms with E-state index in [4.69, 9.17) is 5.11 Å². The van der Waals surface area contributed by atoms with Crippen LogP contribution in [-0.4, -0.2) is 38.5 Å². The van der Waals surface area contributed by atoms with Gasteiger partial charge in [-0.25, -0.2) is 4.68 Å². The minimum Gasteiger partial charge on any atom is -0.480 e. The molecular weight excluding hydrogens is 272 g/mol. The number of benzene rings is 1. The molecule has 0 spiro atoms. The SMILES string of the molecule is O=C(O)Cn1cc(C(=O)NCC2Cc3ccccc32)nn1. The lowest BCUT2D eigenvalue weighted by Gasteiger charge is -2.30. The number of hydrogen-bond acceptors (Lipinski definition) is 4.